The highest BCUT2D eigenvalue weighted by Crippen LogP contribution is 2.34. The second kappa shape index (κ2) is 8.27. The molecule has 0 unspecified atom stereocenters. The van der Waals surface area contributed by atoms with Gasteiger partial charge in [-0.1, -0.05) is 6.07 Å². The van der Waals surface area contributed by atoms with Gasteiger partial charge in [0, 0.05) is 54.9 Å². The summed E-state index contributed by atoms with van der Waals surface area (Å²) in [6.07, 6.45) is -3.67. The van der Waals surface area contributed by atoms with E-state index in [9.17, 15) is 26.7 Å². The quantitative estimate of drug-likeness (QED) is 0.522. The summed E-state index contributed by atoms with van der Waals surface area (Å²) in [5.74, 6) is -3.22. The van der Waals surface area contributed by atoms with Crippen LogP contribution in [-0.2, 0) is 6.18 Å². The fourth-order valence-electron chi connectivity index (χ4n) is 3.69. The molecule has 1 aromatic carbocycles. The number of amides is 1. The maximum atomic E-state index is 13.6. The molecule has 2 aromatic heterocycles. The first kappa shape index (κ1) is 22.9. The highest BCUT2D eigenvalue weighted by Gasteiger charge is 2.36. The summed E-state index contributed by atoms with van der Waals surface area (Å²) in [6, 6.07) is 7.16. The van der Waals surface area contributed by atoms with E-state index in [0.29, 0.717) is 16.8 Å². The zero-order chi connectivity index (χ0) is 24.0. The number of carbonyl (C=O) groups excluding carboxylic acids is 1. The number of likely N-dealkylation sites (tertiary alicyclic amines) is 1. The molecule has 4 rings (SSSR count). The number of nitrogens with one attached hydrogen (secondary N) is 1. The molecule has 0 radical (unpaired) electrons. The Labute approximate surface area is 186 Å². The second-order valence-electron chi connectivity index (χ2n) is 8.35. The van der Waals surface area contributed by atoms with E-state index in [1.165, 1.54) is 17.0 Å². The number of halogens is 5. The van der Waals surface area contributed by atoms with Crippen LogP contribution in [0.4, 0.5) is 22.0 Å². The number of alkyl halides is 5. The highest BCUT2D eigenvalue weighted by atomic mass is 19.4. The Morgan fingerprint density at radius 3 is 2.36 bits per heavy atom. The molecule has 0 aliphatic carbocycles. The lowest BCUT2D eigenvalue weighted by molar-refractivity contribution is -0.141. The first-order valence-corrected chi connectivity index (χ1v) is 10.4. The normalized spacial score (nSPS) is 16.4. The van der Waals surface area contributed by atoms with E-state index in [2.05, 4.69) is 10.2 Å². The van der Waals surface area contributed by atoms with Crippen molar-refractivity contribution in [1.82, 2.24) is 24.9 Å². The van der Waals surface area contributed by atoms with Crippen molar-refractivity contribution in [3.63, 3.8) is 0 Å². The summed E-state index contributed by atoms with van der Waals surface area (Å²) in [7, 11) is 0. The van der Waals surface area contributed by atoms with Gasteiger partial charge in [0.15, 0.2) is 0 Å². The van der Waals surface area contributed by atoms with Crippen LogP contribution in [0.1, 0.15) is 48.8 Å². The van der Waals surface area contributed by atoms with Crippen molar-refractivity contribution in [3.05, 3.63) is 47.8 Å². The van der Waals surface area contributed by atoms with Crippen molar-refractivity contribution in [2.24, 2.45) is 0 Å². The van der Waals surface area contributed by atoms with E-state index in [1.807, 2.05) is 18.9 Å². The van der Waals surface area contributed by atoms with Gasteiger partial charge in [-0.3, -0.25) is 14.6 Å². The summed E-state index contributed by atoms with van der Waals surface area (Å²) >= 11 is 0. The SMILES string of the molecule is CC(C)n1ccc(-c2cc(-c3cc(C(F)(F)F)[nH]n3)ccc2C(=O)N2CCC(F)(F)CC2)n1. The molecule has 0 spiro atoms. The van der Waals surface area contributed by atoms with Crippen molar-refractivity contribution >= 4 is 5.91 Å². The van der Waals surface area contributed by atoms with Crippen molar-refractivity contribution in [2.45, 2.75) is 44.8 Å². The van der Waals surface area contributed by atoms with Crippen LogP contribution < -0.4 is 0 Å². The first-order chi connectivity index (χ1) is 15.4. The fraction of sp³-hybridized carbons (Fsp3) is 0.409. The molecule has 176 valence electrons. The summed E-state index contributed by atoms with van der Waals surface area (Å²) in [5, 5.41) is 10.2. The van der Waals surface area contributed by atoms with Gasteiger partial charge in [0.25, 0.3) is 11.8 Å². The topological polar surface area (TPSA) is 66.8 Å². The van der Waals surface area contributed by atoms with E-state index in [4.69, 9.17) is 0 Å². The third-order valence-corrected chi connectivity index (χ3v) is 5.62. The second-order valence-corrected chi connectivity index (χ2v) is 8.35. The highest BCUT2D eigenvalue weighted by molar-refractivity contribution is 6.01. The van der Waals surface area contributed by atoms with E-state index in [-0.39, 0.29) is 30.4 Å². The molecule has 1 aliphatic heterocycles. The van der Waals surface area contributed by atoms with Crippen LogP contribution in [0.3, 0.4) is 0 Å². The van der Waals surface area contributed by atoms with E-state index in [1.54, 1.807) is 23.0 Å². The molecule has 0 atom stereocenters. The number of benzene rings is 1. The summed E-state index contributed by atoms with van der Waals surface area (Å²) in [5.41, 5.74) is 0.511. The molecule has 11 heteroatoms. The van der Waals surface area contributed by atoms with Gasteiger partial charge < -0.3 is 4.90 Å². The predicted molar refractivity (Wildman–Crippen MR) is 111 cm³/mol. The number of H-pyrrole nitrogens is 1. The van der Waals surface area contributed by atoms with Gasteiger partial charge in [0.2, 0.25) is 0 Å². The Kier molecular flexibility index (Phi) is 5.75. The smallest absolute Gasteiger partial charge is 0.338 e. The lowest BCUT2D eigenvalue weighted by Crippen LogP contribution is -2.42. The average Bonchev–Trinajstić information content (AvgIpc) is 3.43. The number of piperidine rings is 1. The third-order valence-electron chi connectivity index (χ3n) is 5.62. The molecule has 1 aliphatic rings. The zero-order valence-corrected chi connectivity index (χ0v) is 18.0. The zero-order valence-electron chi connectivity index (χ0n) is 18.0. The number of carbonyl (C=O) groups is 1. The molecule has 0 bridgehead atoms. The number of rotatable bonds is 4. The van der Waals surface area contributed by atoms with Gasteiger partial charge in [-0.05, 0) is 38.1 Å². The minimum Gasteiger partial charge on any atom is -0.338 e. The fourth-order valence-corrected chi connectivity index (χ4v) is 3.69. The number of aromatic nitrogens is 4. The largest absolute Gasteiger partial charge is 0.432 e. The van der Waals surface area contributed by atoms with Crippen molar-refractivity contribution in [3.8, 4) is 22.5 Å². The molecule has 1 fully saturated rings. The molecule has 1 saturated heterocycles. The van der Waals surface area contributed by atoms with Gasteiger partial charge in [0.05, 0.1) is 11.4 Å². The molecule has 6 nitrogen and oxygen atoms in total. The number of aromatic amines is 1. The van der Waals surface area contributed by atoms with Gasteiger partial charge in [0.1, 0.15) is 5.69 Å². The number of hydrogen-bond acceptors (Lipinski definition) is 3. The molecule has 33 heavy (non-hydrogen) atoms. The maximum absolute atomic E-state index is 13.6. The minimum atomic E-state index is -4.57. The van der Waals surface area contributed by atoms with Crippen LogP contribution in [0, 0.1) is 0 Å². The standard InChI is InChI=1S/C22H22F5N5O/c1-13(2)32-8-5-17(30-32)16-11-14(18-12-19(29-28-18)22(25,26)27)3-4-15(16)20(33)31-9-6-21(23,24)7-10-31/h3-5,8,11-13H,6-7,9-10H2,1-2H3,(H,28,29). The van der Waals surface area contributed by atoms with Gasteiger partial charge in [-0.2, -0.15) is 23.4 Å². The van der Waals surface area contributed by atoms with E-state index in [0.717, 1.165) is 6.07 Å². The lowest BCUT2D eigenvalue weighted by atomic mass is 9.97. The average molecular weight is 467 g/mol. The molecular formula is C22H22F5N5O. The van der Waals surface area contributed by atoms with Crippen LogP contribution in [0.5, 0.6) is 0 Å². The van der Waals surface area contributed by atoms with Crippen LogP contribution >= 0.6 is 0 Å². The summed E-state index contributed by atoms with van der Waals surface area (Å²) in [4.78, 5) is 14.6. The van der Waals surface area contributed by atoms with Crippen molar-refractivity contribution < 1.29 is 26.7 Å². The van der Waals surface area contributed by atoms with Gasteiger partial charge in [-0.25, -0.2) is 8.78 Å². The molecule has 1 amide bonds. The summed E-state index contributed by atoms with van der Waals surface area (Å²) < 4.78 is 67.7. The number of hydrogen-bond donors (Lipinski definition) is 1. The van der Waals surface area contributed by atoms with Crippen molar-refractivity contribution in [1.29, 1.82) is 0 Å². The third kappa shape index (κ3) is 4.76. The predicted octanol–water partition coefficient (Wildman–Crippen LogP) is 5.41. The van der Waals surface area contributed by atoms with Crippen molar-refractivity contribution in [2.75, 3.05) is 13.1 Å². The van der Waals surface area contributed by atoms with Gasteiger partial charge in [-0.15, -0.1) is 0 Å². The Hall–Kier alpha value is -3.24. The van der Waals surface area contributed by atoms with E-state index >= 15 is 0 Å². The van der Waals surface area contributed by atoms with E-state index < -0.39 is 36.5 Å². The molecule has 3 heterocycles. The lowest BCUT2D eigenvalue weighted by Gasteiger charge is -2.32. The Balaban J connectivity index is 1.74. The summed E-state index contributed by atoms with van der Waals surface area (Å²) in [6.45, 7) is 3.69. The number of nitrogens with zero attached hydrogens (tertiary/aromatic N) is 4. The van der Waals surface area contributed by atoms with Gasteiger partial charge >= 0.3 is 6.18 Å². The van der Waals surface area contributed by atoms with Crippen LogP contribution in [0.2, 0.25) is 0 Å². The van der Waals surface area contributed by atoms with Crippen LogP contribution in [-0.4, -0.2) is 49.8 Å². The molecular weight excluding hydrogens is 445 g/mol. The Morgan fingerprint density at radius 2 is 1.79 bits per heavy atom. The molecule has 0 saturated carbocycles. The first-order valence-electron chi connectivity index (χ1n) is 10.4. The monoisotopic (exact) mass is 467 g/mol. The molecule has 1 N–H and O–H groups in total. The minimum absolute atomic E-state index is 0.0473. The van der Waals surface area contributed by atoms with Crippen LogP contribution in [0.15, 0.2) is 36.5 Å². The molecule has 3 aromatic rings. The maximum Gasteiger partial charge on any atom is 0.432 e. The Bertz CT molecular complexity index is 1150. The van der Waals surface area contributed by atoms with Crippen LogP contribution in [0.25, 0.3) is 22.5 Å². The Morgan fingerprint density at radius 1 is 1.09 bits per heavy atom.